The van der Waals surface area contributed by atoms with Crippen LogP contribution in [0.3, 0.4) is 0 Å². The molecule has 2 atom stereocenters. The molecular formula is C11H17ClINO6S3. The van der Waals surface area contributed by atoms with Crippen LogP contribution in [-0.2, 0) is 9.53 Å². The highest BCUT2D eigenvalue weighted by molar-refractivity contribution is 14.1. The molecule has 0 aliphatic rings. The van der Waals surface area contributed by atoms with Crippen LogP contribution in [0.1, 0.15) is 13.3 Å². The first-order valence-corrected chi connectivity index (χ1v) is 11.7. The number of halogens is 2. The number of hydrogen-bond acceptors (Lipinski definition) is 9. The number of nitrogens with zero attached hydrogens (tertiary/aromatic N) is 1. The van der Waals surface area contributed by atoms with E-state index in [9.17, 15) is 4.79 Å². The van der Waals surface area contributed by atoms with Crippen molar-refractivity contribution < 1.29 is 38.4 Å². The molecule has 0 amide bonds. The zero-order chi connectivity index (χ0) is 18.0. The van der Waals surface area contributed by atoms with Gasteiger partial charge in [0, 0.05) is 17.2 Å². The molecule has 23 heavy (non-hydrogen) atoms. The average molecular weight is 518 g/mol. The van der Waals surface area contributed by atoms with E-state index in [1.54, 1.807) is 34.4 Å². The summed E-state index contributed by atoms with van der Waals surface area (Å²) >= 11 is 7.17. The van der Waals surface area contributed by atoms with Crippen LogP contribution in [0.4, 0.5) is 0 Å². The molecule has 12 heteroatoms. The van der Waals surface area contributed by atoms with Gasteiger partial charge in [-0.05, 0) is 41.5 Å². The number of alkyl halides is 1. The van der Waals surface area contributed by atoms with Crippen LogP contribution in [0.15, 0.2) is 10.8 Å². The maximum absolute atomic E-state index is 12.1. The first-order chi connectivity index (χ1) is 10.6. The van der Waals surface area contributed by atoms with Gasteiger partial charge in [-0.25, -0.2) is 28.0 Å². The minimum atomic E-state index is -4.94. The van der Waals surface area contributed by atoms with Crippen LogP contribution in [-0.4, -0.2) is 35.2 Å². The van der Waals surface area contributed by atoms with Gasteiger partial charge in [0.05, 0.1) is 0 Å². The van der Waals surface area contributed by atoms with Gasteiger partial charge in [0.25, 0.3) is 6.04 Å². The third kappa shape index (κ3) is 12.5. The molecule has 1 heterocycles. The van der Waals surface area contributed by atoms with Gasteiger partial charge in [0.2, 0.25) is 0 Å². The normalized spacial score (nSPS) is 13.6. The predicted octanol–water partition coefficient (Wildman–Crippen LogP) is -2.10. The Hall–Kier alpha value is 0.530. The summed E-state index contributed by atoms with van der Waals surface area (Å²) in [6, 6.07) is -0.190. The number of ether oxygens (including phenoxy) is 1. The number of carbonyl (C=O) groups is 1. The molecule has 1 aromatic heterocycles. The number of esters is 1. The van der Waals surface area contributed by atoms with Gasteiger partial charge in [-0.2, -0.15) is 11.8 Å². The molecule has 1 rings (SSSR count). The standard InChI is InChI=1S/C11H17INO2S3.ClHO4/c1-8(12)15-10(14)9(4-5-16-3)13(2)11-17-6-7-18-11;2-1(3,4)5/h6-9H,4-5H2,1-3H3;(H,2,3,4,5)/q+1;/p-1. The first-order valence-electron chi connectivity index (χ1n) is 6.09. The van der Waals surface area contributed by atoms with E-state index in [2.05, 4.69) is 28.8 Å². The molecule has 0 spiro atoms. The van der Waals surface area contributed by atoms with Gasteiger partial charge in [0.1, 0.15) is 11.2 Å². The minimum absolute atomic E-state index is 0.0905. The highest BCUT2D eigenvalue weighted by Crippen LogP contribution is 2.09. The van der Waals surface area contributed by atoms with Crippen LogP contribution in [0.2, 0.25) is 0 Å². The van der Waals surface area contributed by atoms with E-state index in [0.29, 0.717) is 0 Å². The number of hydrogen-bond donors (Lipinski definition) is 0. The fourth-order valence-electron chi connectivity index (χ4n) is 1.43. The van der Waals surface area contributed by atoms with Crippen LogP contribution >= 0.6 is 57.0 Å². The van der Waals surface area contributed by atoms with Crippen molar-refractivity contribution in [2.24, 2.45) is 0 Å². The van der Waals surface area contributed by atoms with E-state index in [1.807, 2.05) is 29.3 Å². The smallest absolute Gasteiger partial charge is 0.376 e. The second-order valence-corrected chi connectivity index (χ2v) is 9.58. The lowest BCUT2D eigenvalue weighted by Crippen LogP contribution is -2.68. The van der Waals surface area contributed by atoms with Crippen LogP contribution in [0.25, 0.3) is 0 Å². The van der Waals surface area contributed by atoms with E-state index in [4.69, 9.17) is 23.4 Å². The second kappa shape index (κ2) is 12.0. The average Bonchev–Trinajstić information content (AvgIpc) is 2.89. The molecule has 0 radical (unpaired) electrons. The van der Waals surface area contributed by atoms with Gasteiger partial charge < -0.3 is 4.74 Å². The van der Waals surface area contributed by atoms with Crippen molar-refractivity contribution in [3.05, 3.63) is 14.7 Å². The molecule has 0 N–H and O–H groups in total. The molecule has 0 bridgehead atoms. The minimum Gasteiger partial charge on any atom is -0.447 e. The van der Waals surface area contributed by atoms with Crippen LogP contribution in [0.5, 0.6) is 0 Å². The number of rotatable bonds is 6. The lowest BCUT2D eigenvalue weighted by Gasteiger charge is -2.17. The highest BCUT2D eigenvalue weighted by Gasteiger charge is 2.29. The van der Waals surface area contributed by atoms with E-state index in [1.165, 1.54) is 0 Å². The van der Waals surface area contributed by atoms with Crippen LogP contribution < -0.4 is 27.2 Å². The molecule has 134 valence electrons. The summed E-state index contributed by atoms with van der Waals surface area (Å²) in [6.07, 6.45) is 2.86. The van der Waals surface area contributed by atoms with Gasteiger partial charge in [-0.3, -0.25) is 0 Å². The summed E-state index contributed by atoms with van der Waals surface area (Å²) in [5, 5.41) is 4.07. The van der Waals surface area contributed by atoms with Crippen molar-refractivity contribution in [2.75, 3.05) is 19.1 Å². The molecule has 2 unspecified atom stereocenters. The Labute approximate surface area is 162 Å². The van der Waals surface area contributed by atoms with E-state index < -0.39 is 10.2 Å². The van der Waals surface area contributed by atoms with Crippen molar-refractivity contribution >= 4 is 63.0 Å². The number of carbonyl (C=O) groups excluding carboxylic acids is 1. The molecule has 0 fully saturated rings. The highest BCUT2D eigenvalue weighted by atomic mass is 127. The predicted molar refractivity (Wildman–Crippen MR) is 89.8 cm³/mol. The fraction of sp³-hybridized carbons (Fsp3) is 0.636. The summed E-state index contributed by atoms with van der Waals surface area (Å²) < 4.78 is 42.4. The van der Waals surface area contributed by atoms with E-state index >= 15 is 0 Å². The third-order valence-corrected chi connectivity index (χ3v) is 5.47. The zero-order valence-electron chi connectivity index (χ0n) is 12.6. The molecular weight excluding hydrogens is 501 g/mol. The second-order valence-electron chi connectivity index (χ2n) is 4.04. The molecule has 0 aliphatic carbocycles. The van der Waals surface area contributed by atoms with Gasteiger partial charge in [-0.1, -0.05) is 22.7 Å². The maximum atomic E-state index is 12.1. The lowest BCUT2D eigenvalue weighted by molar-refractivity contribution is -2.00. The largest absolute Gasteiger partial charge is 0.447 e. The van der Waals surface area contributed by atoms with E-state index in [-0.39, 0.29) is 16.1 Å². The lowest BCUT2D eigenvalue weighted by atomic mass is 10.2. The maximum Gasteiger partial charge on any atom is 0.376 e. The Bertz CT molecular complexity index is 508. The third-order valence-electron chi connectivity index (χ3n) is 2.29. The monoisotopic (exact) mass is 517 g/mol. The SMILES string of the molecule is CSCCC(C(=O)OC(C)I)[N+](C)=c1sccs1.[O-][Cl+3]([O-])([O-])[O-]. The molecule has 1 aromatic rings. The number of thioether (sulfide) groups is 1. The fourth-order valence-corrected chi connectivity index (χ4v) is 3.96. The summed E-state index contributed by atoms with van der Waals surface area (Å²) in [4.78, 5) is 12.1. The Morgan fingerprint density at radius 2 is 1.87 bits per heavy atom. The molecule has 0 aliphatic heterocycles. The van der Waals surface area contributed by atoms with Gasteiger partial charge >= 0.3 is 9.95 Å². The van der Waals surface area contributed by atoms with Crippen molar-refractivity contribution in [3.63, 3.8) is 0 Å². The topological polar surface area (TPSA) is 122 Å². The number of likely N-dealkylation sites (N-methyl/N-ethyl adjacent to an activating group) is 1. The van der Waals surface area contributed by atoms with Crippen LogP contribution in [0, 0.1) is 10.2 Å². The van der Waals surface area contributed by atoms with Gasteiger partial charge in [-0.15, -0.1) is 10.2 Å². The Morgan fingerprint density at radius 1 is 1.39 bits per heavy atom. The molecule has 0 saturated heterocycles. The summed E-state index contributed by atoms with van der Waals surface area (Å²) in [5.74, 6) is 0.824. The Kier molecular flexibility index (Phi) is 12.3. The summed E-state index contributed by atoms with van der Waals surface area (Å²) in [5.41, 5.74) is 0. The molecule has 0 saturated carbocycles. The van der Waals surface area contributed by atoms with E-state index in [0.717, 1.165) is 16.2 Å². The van der Waals surface area contributed by atoms with Crippen molar-refractivity contribution in [2.45, 2.75) is 23.5 Å². The van der Waals surface area contributed by atoms with Gasteiger partial charge in [0.15, 0.2) is 0 Å². The molecule has 0 aromatic carbocycles. The Balaban J connectivity index is 0.000000841. The molecule has 7 nitrogen and oxygen atoms in total. The summed E-state index contributed by atoms with van der Waals surface area (Å²) in [7, 11) is -2.98. The first kappa shape index (κ1) is 23.5. The zero-order valence-corrected chi connectivity index (χ0v) is 18.0. The van der Waals surface area contributed by atoms with Crippen molar-refractivity contribution in [1.29, 1.82) is 0 Å². The Morgan fingerprint density at radius 3 is 2.26 bits per heavy atom. The van der Waals surface area contributed by atoms with Crippen molar-refractivity contribution in [3.8, 4) is 0 Å². The summed E-state index contributed by atoms with van der Waals surface area (Å²) in [6.45, 7) is 1.87. The quantitative estimate of drug-likeness (QED) is 0.183. The van der Waals surface area contributed by atoms with Crippen molar-refractivity contribution in [1.82, 2.24) is 4.58 Å².